The summed E-state index contributed by atoms with van der Waals surface area (Å²) in [6.45, 7) is 8.28. The lowest BCUT2D eigenvalue weighted by Gasteiger charge is -2.29. The molecule has 166 valence electrons. The Labute approximate surface area is 185 Å². The fraction of sp³-hybridized carbons (Fsp3) is 0.381. The minimum Gasteiger partial charge on any atom is -0.394 e. The molecule has 0 spiro atoms. The summed E-state index contributed by atoms with van der Waals surface area (Å²) in [7, 11) is 0. The van der Waals surface area contributed by atoms with Crippen LogP contribution in [0.15, 0.2) is 35.2 Å². The zero-order valence-corrected chi connectivity index (χ0v) is 18.8. The molecule has 1 atom stereocenters. The molecule has 10 heteroatoms. The molecule has 0 fully saturated rings. The third-order valence-corrected chi connectivity index (χ3v) is 6.37. The number of nitrogens with one attached hydrogen (secondary N) is 2. The van der Waals surface area contributed by atoms with Crippen LogP contribution in [0.5, 0.6) is 0 Å². The van der Waals surface area contributed by atoms with E-state index in [1.807, 2.05) is 0 Å². The molecule has 2 heterocycles. The van der Waals surface area contributed by atoms with Crippen LogP contribution in [-0.4, -0.2) is 49.3 Å². The van der Waals surface area contributed by atoms with Crippen LogP contribution < -0.4 is 11.2 Å². The van der Waals surface area contributed by atoms with Crippen molar-refractivity contribution in [3.05, 3.63) is 53.0 Å². The number of aliphatic hydroxyl groups excluding tert-OH is 1. The number of anilines is 1. The van der Waals surface area contributed by atoms with E-state index < -0.39 is 17.8 Å². The molecule has 1 aromatic carbocycles. The number of benzene rings is 1. The van der Waals surface area contributed by atoms with Gasteiger partial charge in [-0.05, 0) is 69.5 Å². The number of nitrogens with two attached hydrogens (primary N) is 1. The van der Waals surface area contributed by atoms with Crippen molar-refractivity contribution >= 4 is 29.5 Å². The number of hydrogen-bond donors (Lipinski definition) is 4. The molecule has 8 nitrogen and oxygen atoms in total. The highest BCUT2D eigenvalue weighted by molar-refractivity contribution is 7.97. The number of rotatable bonds is 5. The number of carbonyl (C=O) groups excluding carboxylic acids is 1. The van der Waals surface area contributed by atoms with Crippen LogP contribution in [0.4, 0.5) is 10.2 Å². The highest BCUT2D eigenvalue weighted by atomic mass is 32.2. The number of hydrogen-bond acceptors (Lipinski definition) is 7. The van der Waals surface area contributed by atoms with Gasteiger partial charge in [-0.1, -0.05) is 6.07 Å². The molecule has 1 aliphatic rings. The highest BCUT2D eigenvalue weighted by Crippen LogP contribution is 2.41. The molecule has 0 saturated heterocycles. The molecule has 1 aromatic heterocycles. The normalized spacial score (nSPS) is 14.8. The first-order valence-corrected chi connectivity index (χ1v) is 10.6. The van der Waals surface area contributed by atoms with Crippen LogP contribution in [0, 0.1) is 11.2 Å². The summed E-state index contributed by atoms with van der Waals surface area (Å²) >= 11 is 1.51. The summed E-state index contributed by atoms with van der Waals surface area (Å²) in [5.41, 5.74) is 0.899. The summed E-state index contributed by atoms with van der Waals surface area (Å²) in [5, 5.41) is 21.0. The Bertz CT molecular complexity index is 1010. The second-order valence-electron chi connectivity index (χ2n) is 8.39. The Balaban J connectivity index is 1.78. The van der Waals surface area contributed by atoms with Crippen LogP contribution in [0.3, 0.4) is 0 Å². The Kier molecular flexibility index (Phi) is 6.65. The molecule has 1 aliphatic heterocycles. The molecule has 1 amide bonds. The van der Waals surface area contributed by atoms with E-state index in [1.165, 1.54) is 18.0 Å². The summed E-state index contributed by atoms with van der Waals surface area (Å²) in [5.74, 6) is 4.66. The topological polar surface area (TPSA) is 119 Å². The average molecular weight is 447 g/mol. The zero-order valence-electron chi connectivity index (χ0n) is 17.9. The lowest BCUT2D eigenvalue weighted by molar-refractivity contribution is 0.102. The summed E-state index contributed by atoms with van der Waals surface area (Å²) in [6, 6.07) is 7.22. The van der Waals surface area contributed by atoms with Crippen molar-refractivity contribution in [3.63, 3.8) is 0 Å². The maximum atomic E-state index is 14.7. The number of amides is 1. The fourth-order valence-electron chi connectivity index (χ4n) is 2.92. The number of nitrogens with zero attached hydrogens (tertiary/aromatic N) is 3. The van der Waals surface area contributed by atoms with Crippen molar-refractivity contribution < 1.29 is 14.3 Å². The average Bonchev–Trinajstić information content (AvgIpc) is 3.15. The predicted octanol–water partition coefficient (Wildman–Crippen LogP) is 2.98. The smallest absolute Gasteiger partial charge is 0.259 e. The van der Waals surface area contributed by atoms with Crippen LogP contribution in [-0.2, 0) is 6.54 Å². The largest absolute Gasteiger partial charge is 0.394 e. The lowest BCUT2D eigenvalue weighted by Crippen LogP contribution is -2.46. The maximum Gasteiger partial charge on any atom is 0.259 e. The Morgan fingerprint density at radius 1 is 1.45 bits per heavy atom. The van der Waals surface area contributed by atoms with Gasteiger partial charge in [0.05, 0.1) is 18.2 Å². The minimum absolute atomic E-state index is 0.0707. The predicted molar refractivity (Wildman–Crippen MR) is 119 cm³/mol. The Hall–Kier alpha value is -2.53. The van der Waals surface area contributed by atoms with E-state index in [9.17, 15) is 14.3 Å². The second kappa shape index (κ2) is 8.91. The van der Waals surface area contributed by atoms with Gasteiger partial charge in [0.25, 0.3) is 5.91 Å². The summed E-state index contributed by atoms with van der Waals surface area (Å²) < 4.78 is 16.8. The van der Waals surface area contributed by atoms with Gasteiger partial charge in [0.1, 0.15) is 17.3 Å². The minimum atomic E-state index is -0.625. The molecule has 0 saturated carbocycles. The van der Waals surface area contributed by atoms with Gasteiger partial charge in [-0.2, -0.15) is 0 Å². The van der Waals surface area contributed by atoms with Gasteiger partial charge >= 0.3 is 0 Å². The number of hydrazine groups is 1. The number of amidine groups is 1. The first-order valence-electron chi connectivity index (χ1n) is 9.81. The SMILES string of the molecule is CC(CO)N(N)C(=N)c1cccc(NC(=O)c2cc3c(cc2F)CN(C(C)(C)C)S3)n1. The van der Waals surface area contributed by atoms with Gasteiger partial charge in [-0.15, -0.1) is 0 Å². The van der Waals surface area contributed by atoms with Gasteiger partial charge < -0.3 is 10.4 Å². The third-order valence-electron chi connectivity index (χ3n) is 4.90. The number of carbonyl (C=O) groups is 1. The van der Waals surface area contributed by atoms with Crippen molar-refractivity contribution in [1.82, 2.24) is 14.3 Å². The molecule has 0 aliphatic carbocycles. The van der Waals surface area contributed by atoms with Crippen LogP contribution in [0.25, 0.3) is 0 Å². The van der Waals surface area contributed by atoms with Gasteiger partial charge in [0.15, 0.2) is 5.84 Å². The number of pyridine rings is 1. The molecule has 5 N–H and O–H groups in total. The van der Waals surface area contributed by atoms with Crippen molar-refractivity contribution in [2.45, 2.75) is 50.7 Å². The van der Waals surface area contributed by atoms with Crippen molar-refractivity contribution in [3.8, 4) is 0 Å². The van der Waals surface area contributed by atoms with E-state index in [-0.39, 0.29) is 35.1 Å². The molecule has 0 radical (unpaired) electrons. The molecule has 2 aromatic rings. The van der Waals surface area contributed by atoms with E-state index in [2.05, 4.69) is 35.4 Å². The maximum absolute atomic E-state index is 14.7. The van der Waals surface area contributed by atoms with Gasteiger partial charge in [0.2, 0.25) is 0 Å². The van der Waals surface area contributed by atoms with Crippen LogP contribution >= 0.6 is 11.9 Å². The number of aliphatic hydroxyl groups is 1. The molecule has 3 rings (SSSR count). The second-order valence-corrected chi connectivity index (χ2v) is 9.45. The van der Waals surface area contributed by atoms with E-state index in [1.54, 1.807) is 31.2 Å². The van der Waals surface area contributed by atoms with E-state index in [0.29, 0.717) is 6.54 Å². The summed E-state index contributed by atoms with van der Waals surface area (Å²) in [4.78, 5) is 17.8. The van der Waals surface area contributed by atoms with Crippen molar-refractivity contribution in [2.24, 2.45) is 5.84 Å². The number of aromatic nitrogens is 1. The van der Waals surface area contributed by atoms with E-state index in [4.69, 9.17) is 11.3 Å². The highest BCUT2D eigenvalue weighted by Gasteiger charge is 2.31. The molecule has 0 bridgehead atoms. The number of fused-ring (bicyclic) bond motifs is 1. The van der Waals surface area contributed by atoms with Gasteiger partial charge in [0, 0.05) is 17.0 Å². The Morgan fingerprint density at radius 3 is 2.81 bits per heavy atom. The van der Waals surface area contributed by atoms with Crippen LogP contribution in [0.2, 0.25) is 0 Å². The monoisotopic (exact) mass is 446 g/mol. The molecule has 1 unspecified atom stereocenters. The third kappa shape index (κ3) is 5.04. The van der Waals surface area contributed by atoms with E-state index in [0.717, 1.165) is 15.5 Å². The summed E-state index contributed by atoms with van der Waals surface area (Å²) in [6.07, 6.45) is 0. The Morgan fingerprint density at radius 2 is 2.16 bits per heavy atom. The number of halogens is 1. The molecular weight excluding hydrogens is 419 g/mol. The molecule has 31 heavy (non-hydrogen) atoms. The standard InChI is InChI=1S/C21H27FN6O2S/c1-12(11-29)28(24)19(23)16-6-5-7-18(25-16)26-20(30)14-9-17-13(8-15(14)22)10-27(31-17)21(2,3)4/h5-9,12,23,29H,10-11,24H2,1-4H3,(H,25,26,30). The zero-order chi connectivity index (χ0) is 22.9. The first kappa shape index (κ1) is 23.1. The van der Waals surface area contributed by atoms with Gasteiger partial charge in [-0.3, -0.25) is 15.2 Å². The fourth-order valence-corrected chi connectivity index (χ4v) is 4.04. The first-order chi connectivity index (χ1) is 14.5. The molecular formula is C21H27FN6O2S. The van der Waals surface area contributed by atoms with Crippen molar-refractivity contribution in [2.75, 3.05) is 11.9 Å². The van der Waals surface area contributed by atoms with Crippen molar-refractivity contribution in [1.29, 1.82) is 5.41 Å². The van der Waals surface area contributed by atoms with E-state index >= 15 is 0 Å². The lowest BCUT2D eigenvalue weighted by atomic mass is 10.1. The quantitative estimate of drug-likeness (QED) is 0.183. The van der Waals surface area contributed by atoms with Gasteiger partial charge in [-0.25, -0.2) is 19.5 Å². The van der Waals surface area contributed by atoms with Crippen LogP contribution in [0.1, 0.15) is 49.3 Å².